The fourth-order valence-electron chi connectivity index (χ4n) is 3.52. The molecule has 1 heterocycles. The third-order valence-corrected chi connectivity index (χ3v) is 5.11. The van der Waals surface area contributed by atoms with Gasteiger partial charge in [0, 0.05) is 35.9 Å². The van der Waals surface area contributed by atoms with E-state index in [1.165, 1.54) is 24.3 Å². The molecular weight excluding hydrogens is 450 g/mol. The minimum Gasteiger partial charge on any atom is -0.459 e. The molecule has 10 heteroatoms. The minimum atomic E-state index is -4.76. The predicted octanol–water partition coefficient (Wildman–Crippen LogP) is 6.27. The zero-order chi connectivity index (χ0) is 24.4. The van der Waals surface area contributed by atoms with Crippen LogP contribution in [0.5, 0.6) is 0 Å². The van der Waals surface area contributed by atoms with Crippen LogP contribution in [0.25, 0.3) is 22.1 Å². The third-order valence-electron chi connectivity index (χ3n) is 5.11. The number of rotatable bonds is 8. The molecule has 0 saturated heterocycles. The molecule has 0 radical (unpaired) electrons. The molecule has 4 nitrogen and oxygen atoms in total. The molecule has 178 valence electrons. The monoisotopic (exact) mass is 472 g/mol. The number of furan rings is 1. The zero-order valence-corrected chi connectivity index (χ0v) is 17.7. The molecule has 0 saturated carbocycles. The first kappa shape index (κ1) is 24.6. The molecule has 0 fully saturated rings. The Kier molecular flexibility index (Phi) is 7.06. The summed E-state index contributed by atoms with van der Waals surface area (Å²) in [5.74, 6) is -4.47. The van der Waals surface area contributed by atoms with Crippen molar-refractivity contribution in [3.05, 3.63) is 59.1 Å². The predicted molar refractivity (Wildman–Crippen MR) is 111 cm³/mol. The van der Waals surface area contributed by atoms with E-state index in [9.17, 15) is 31.1 Å². The standard InChI is InChI=1S/C23H22F6N2O2/c1-2-5-22(25,26)6-7-31-21(32)13-3-4-17(19(24)11-13)14-8-15-9-16(12-30)33-20(15)18(10-14)23(27,28)29/h3-4,8-11H,2,5-7,12,30H2,1H3,(H,31,32). The summed E-state index contributed by atoms with van der Waals surface area (Å²) in [6.45, 7) is 1.21. The van der Waals surface area contributed by atoms with E-state index in [0.29, 0.717) is 6.42 Å². The summed E-state index contributed by atoms with van der Waals surface area (Å²) in [6.07, 6.45) is -5.32. The number of carbonyl (C=O) groups is 1. The highest BCUT2D eigenvalue weighted by atomic mass is 19.4. The zero-order valence-electron chi connectivity index (χ0n) is 17.7. The van der Waals surface area contributed by atoms with E-state index >= 15 is 0 Å². The van der Waals surface area contributed by atoms with Crippen LogP contribution in [0.1, 0.15) is 47.9 Å². The summed E-state index contributed by atoms with van der Waals surface area (Å²) in [6, 6.07) is 6.69. The van der Waals surface area contributed by atoms with Crippen LogP contribution in [0.15, 0.2) is 40.8 Å². The molecule has 0 atom stereocenters. The van der Waals surface area contributed by atoms with Crippen molar-refractivity contribution >= 4 is 16.9 Å². The molecule has 0 aliphatic heterocycles. The summed E-state index contributed by atoms with van der Waals surface area (Å²) >= 11 is 0. The molecule has 0 unspecified atom stereocenters. The van der Waals surface area contributed by atoms with Crippen molar-refractivity contribution in [2.75, 3.05) is 6.54 Å². The van der Waals surface area contributed by atoms with Crippen molar-refractivity contribution in [3.63, 3.8) is 0 Å². The van der Waals surface area contributed by atoms with E-state index in [4.69, 9.17) is 10.2 Å². The molecule has 2 aromatic carbocycles. The maximum Gasteiger partial charge on any atom is 0.420 e. The molecule has 0 spiro atoms. The van der Waals surface area contributed by atoms with Crippen LogP contribution >= 0.6 is 0 Å². The Morgan fingerprint density at radius 1 is 1.06 bits per heavy atom. The van der Waals surface area contributed by atoms with Crippen molar-refractivity contribution < 1.29 is 35.6 Å². The molecule has 0 aliphatic carbocycles. The number of carbonyl (C=O) groups excluding carboxylic acids is 1. The first-order valence-corrected chi connectivity index (χ1v) is 10.2. The second kappa shape index (κ2) is 9.46. The first-order chi connectivity index (χ1) is 15.4. The maximum atomic E-state index is 14.8. The van der Waals surface area contributed by atoms with Crippen molar-refractivity contribution in [1.82, 2.24) is 5.32 Å². The number of alkyl halides is 5. The number of nitrogens with one attached hydrogen (secondary N) is 1. The minimum absolute atomic E-state index is 0.0668. The van der Waals surface area contributed by atoms with E-state index in [1.807, 2.05) is 0 Å². The molecule has 0 aliphatic rings. The molecule has 33 heavy (non-hydrogen) atoms. The fourth-order valence-corrected chi connectivity index (χ4v) is 3.52. The van der Waals surface area contributed by atoms with Crippen LogP contribution in [0.4, 0.5) is 26.3 Å². The molecular formula is C23H22F6N2O2. The Morgan fingerprint density at radius 2 is 1.79 bits per heavy atom. The number of halogens is 6. The lowest BCUT2D eigenvalue weighted by Crippen LogP contribution is -2.29. The highest BCUT2D eigenvalue weighted by molar-refractivity contribution is 5.95. The van der Waals surface area contributed by atoms with Gasteiger partial charge in [-0.2, -0.15) is 13.2 Å². The molecule has 3 rings (SSSR count). The second-order valence-electron chi connectivity index (χ2n) is 7.66. The average molecular weight is 472 g/mol. The van der Waals surface area contributed by atoms with E-state index in [-0.39, 0.29) is 47.3 Å². The molecule has 3 N–H and O–H groups in total. The quantitative estimate of drug-likeness (QED) is 0.380. The fraction of sp³-hybridized carbons (Fsp3) is 0.348. The van der Waals surface area contributed by atoms with Crippen molar-refractivity contribution in [2.45, 2.75) is 44.8 Å². The van der Waals surface area contributed by atoms with E-state index in [2.05, 4.69) is 5.32 Å². The number of fused-ring (bicyclic) bond motifs is 1. The second-order valence-corrected chi connectivity index (χ2v) is 7.66. The number of amides is 1. The highest BCUT2D eigenvalue weighted by Crippen LogP contribution is 2.40. The van der Waals surface area contributed by atoms with Gasteiger partial charge in [-0.15, -0.1) is 0 Å². The van der Waals surface area contributed by atoms with Crippen LogP contribution in [0, 0.1) is 5.82 Å². The lowest BCUT2D eigenvalue weighted by atomic mass is 9.98. The average Bonchev–Trinajstić information content (AvgIpc) is 3.15. The number of benzene rings is 2. The number of hydrogen-bond donors (Lipinski definition) is 2. The molecule has 0 bridgehead atoms. The molecule has 1 aromatic heterocycles. The van der Waals surface area contributed by atoms with Crippen LogP contribution in [-0.2, 0) is 12.7 Å². The highest BCUT2D eigenvalue weighted by Gasteiger charge is 2.35. The van der Waals surface area contributed by atoms with Crippen molar-refractivity contribution in [1.29, 1.82) is 0 Å². The summed E-state index contributed by atoms with van der Waals surface area (Å²) in [7, 11) is 0. The topological polar surface area (TPSA) is 68.3 Å². The Morgan fingerprint density at radius 3 is 2.39 bits per heavy atom. The van der Waals surface area contributed by atoms with Gasteiger partial charge in [0.1, 0.15) is 17.2 Å². The van der Waals surface area contributed by atoms with Gasteiger partial charge in [-0.3, -0.25) is 4.79 Å². The van der Waals surface area contributed by atoms with Gasteiger partial charge in [0.25, 0.3) is 5.91 Å². The summed E-state index contributed by atoms with van der Waals surface area (Å²) in [5.41, 5.74) is 3.60. The van der Waals surface area contributed by atoms with Crippen molar-refractivity contribution in [3.8, 4) is 11.1 Å². The lowest BCUT2D eigenvalue weighted by molar-refractivity contribution is -0.136. The largest absolute Gasteiger partial charge is 0.459 e. The van der Waals surface area contributed by atoms with Gasteiger partial charge in [0.2, 0.25) is 5.92 Å². The normalized spacial score (nSPS) is 12.4. The van der Waals surface area contributed by atoms with E-state index in [0.717, 1.165) is 12.1 Å². The van der Waals surface area contributed by atoms with Gasteiger partial charge in [0.15, 0.2) is 0 Å². The van der Waals surface area contributed by atoms with Gasteiger partial charge < -0.3 is 15.5 Å². The summed E-state index contributed by atoms with van der Waals surface area (Å²) in [5, 5.41) is 2.41. The Labute approximate surface area is 185 Å². The van der Waals surface area contributed by atoms with Crippen LogP contribution in [0.2, 0.25) is 0 Å². The van der Waals surface area contributed by atoms with Gasteiger partial charge in [-0.25, -0.2) is 13.2 Å². The van der Waals surface area contributed by atoms with Gasteiger partial charge in [0.05, 0.1) is 12.1 Å². The van der Waals surface area contributed by atoms with Crippen LogP contribution in [-0.4, -0.2) is 18.4 Å². The SMILES string of the molecule is CCCC(F)(F)CCNC(=O)c1ccc(-c2cc(C(F)(F)F)c3oc(CN)cc3c2)c(F)c1. The Bertz CT molecular complexity index is 1150. The molecule has 1 amide bonds. The Balaban J connectivity index is 1.87. The van der Waals surface area contributed by atoms with Crippen molar-refractivity contribution in [2.24, 2.45) is 5.73 Å². The molecule has 3 aromatic rings. The van der Waals surface area contributed by atoms with Crippen LogP contribution in [0.3, 0.4) is 0 Å². The van der Waals surface area contributed by atoms with Gasteiger partial charge in [-0.05, 0) is 35.9 Å². The van der Waals surface area contributed by atoms with Crippen LogP contribution < -0.4 is 11.1 Å². The smallest absolute Gasteiger partial charge is 0.420 e. The summed E-state index contributed by atoms with van der Waals surface area (Å²) < 4.78 is 87.7. The number of hydrogen-bond acceptors (Lipinski definition) is 3. The van der Waals surface area contributed by atoms with E-state index in [1.54, 1.807) is 6.92 Å². The maximum absolute atomic E-state index is 14.8. The van der Waals surface area contributed by atoms with Gasteiger partial charge in [-0.1, -0.05) is 19.4 Å². The Hall–Kier alpha value is -3.01. The third kappa shape index (κ3) is 5.68. The number of nitrogens with two attached hydrogens (primary N) is 1. The lowest BCUT2D eigenvalue weighted by Gasteiger charge is -2.15. The van der Waals surface area contributed by atoms with E-state index < -0.39 is 41.4 Å². The summed E-state index contributed by atoms with van der Waals surface area (Å²) in [4.78, 5) is 12.2. The first-order valence-electron chi connectivity index (χ1n) is 10.2. The van der Waals surface area contributed by atoms with Gasteiger partial charge >= 0.3 is 6.18 Å².